The number of rotatable bonds is 2. The molecule has 0 radical (unpaired) electrons. The van der Waals surface area contributed by atoms with Crippen molar-refractivity contribution >= 4 is 36.6 Å². The van der Waals surface area contributed by atoms with Crippen molar-refractivity contribution in [2.45, 2.75) is 19.6 Å². The average molecular weight is 271 g/mol. The maximum Gasteiger partial charge on any atom is 0.358 e. The number of hydrogen-bond acceptors (Lipinski definition) is 1. The number of benzene rings is 2. The van der Waals surface area contributed by atoms with Gasteiger partial charge in [-0.25, -0.2) is 4.79 Å². The van der Waals surface area contributed by atoms with E-state index in [1.807, 2.05) is 12.1 Å². The first-order chi connectivity index (χ1) is 9.08. The predicted octanol–water partition coefficient (Wildman–Crippen LogP) is 4.44. The highest BCUT2D eigenvalue weighted by atomic mass is 32.2. The van der Waals surface area contributed by atoms with E-state index in [0.29, 0.717) is 0 Å². The second kappa shape index (κ2) is 4.35. The quantitative estimate of drug-likeness (QED) is 0.699. The number of fused-ring (bicyclic) bond motifs is 3. The highest BCUT2D eigenvalue weighted by Crippen LogP contribution is 2.44. The van der Waals surface area contributed by atoms with E-state index in [9.17, 15) is 4.79 Å². The molecule has 3 rings (SSSR count). The third kappa shape index (κ3) is 1.90. The summed E-state index contributed by atoms with van der Waals surface area (Å²) in [6.45, 7) is 4.19. The Morgan fingerprint density at radius 1 is 1.05 bits per heavy atom. The molecule has 96 valence electrons. The van der Waals surface area contributed by atoms with E-state index in [4.69, 9.17) is 5.11 Å². The molecular formula is C16H15O2S+. The minimum atomic E-state index is -0.732. The molecule has 19 heavy (non-hydrogen) atoms. The van der Waals surface area contributed by atoms with Crippen molar-refractivity contribution < 1.29 is 9.90 Å². The smallest absolute Gasteiger partial charge is 0.358 e. The van der Waals surface area contributed by atoms with Crippen LogP contribution in [0.15, 0.2) is 36.4 Å². The number of carbonyl (C=O) groups is 1. The summed E-state index contributed by atoms with van der Waals surface area (Å²) >= 11 is 0. The van der Waals surface area contributed by atoms with Crippen LogP contribution < -0.4 is 0 Å². The Balaban J connectivity index is 2.48. The molecule has 2 nitrogen and oxygen atoms in total. The summed E-state index contributed by atoms with van der Waals surface area (Å²) < 4.78 is 2.36. The van der Waals surface area contributed by atoms with Gasteiger partial charge < -0.3 is 5.11 Å². The Hall–Kier alpha value is -1.87. The van der Waals surface area contributed by atoms with Crippen LogP contribution >= 0.6 is 10.5 Å². The number of thiophene rings is 1. The summed E-state index contributed by atoms with van der Waals surface area (Å²) in [4.78, 5) is 11.1. The van der Waals surface area contributed by atoms with Gasteiger partial charge in [-0.2, -0.15) is 0 Å². The standard InChI is InChI=1S/C16H14O2S/c1-10-7-13-12-5-3-4-6-14(12)19(9-16(17)18)15(13)8-11(10)2/h3-8H,9H2,1-2H3/p+1. The fourth-order valence-electron chi connectivity index (χ4n) is 2.51. The van der Waals surface area contributed by atoms with Crippen molar-refractivity contribution in [3.05, 3.63) is 47.5 Å². The molecule has 0 spiro atoms. The molecule has 2 aromatic carbocycles. The number of aliphatic carboxylic acids is 1. The number of carboxylic acids is 1. The number of hydrogen-bond donors (Lipinski definition) is 1. The minimum Gasteiger partial charge on any atom is -0.477 e. The Morgan fingerprint density at radius 3 is 2.47 bits per heavy atom. The van der Waals surface area contributed by atoms with Gasteiger partial charge in [-0.3, -0.25) is 0 Å². The lowest BCUT2D eigenvalue weighted by atomic mass is 10.1. The van der Waals surface area contributed by atoms with E-state index in [1.54, 1.807) is 0 Å². The van der Waals surface area contributed by atoms with Crippen LogP contribution in [0.4, 0.5) is 0 Å². The maximum absolute atomic E-state index is 11.1. The predicted molar refractivity (Wildman–Crippen MR) is 81.0 cm³/mol. The van der Waals surface area contributed by atoms with Crippen molar-refractivity contribution in [3.8, 4) is 0 Å². The van der Waals surface area contributed by atoms with Gasteiger partial charge in [0.2, 0.25) is 5.75 Å². The Bertz CT molecular complexity index is 799. The van der Waals surface area contributed by atoms with E-state index >= 15 is 0 Å². The third-order valence-electron chi connectivity index (χ3n) is 3.57. The molecular weight excluding hydrogens is 256 g/mol. The number of aryl methyl sites for hydroxylation is 2. The summed E-state index contributed by atoms with van der Waals surface area (Å²) in [6.07, 6.45) is 0. The van der Waals surface area contributed by atoms with E-state index in [-0.39, 0.29) is 16.2 Å². The molecule has 0 aliphatic rings. The Morgan fingerprint density at radius 2 is 1.74 bits per heavy atom. The first-order valence-electron chi connectivity index (χ1n) is 6.21. The molecule has 1 atom stereocenters. The third-order valence-corrected chi connectivity index (χ3v) is 5.86. The summed E-state index contributed by atoms with van der Waals surface area (Å²) in [6, 6.07) is 12.5. The molecule has 0 aliphatic carbocycles. The summed E-state index contributed by atoms with van der Waals surface area (Å²) in [7, 11) is -0.325. The molecule has 3 heteroatoms. The SMILES string of the molecule is Cc1cc2c3ccccc3[s+](CC(=O)O)c2cc1C. The van der Waals surface area contributed by atoms with E-state index in [2.05, 4.69) is 38.1 Å². The van der Waals surface area contributed by atoms with Gasteiger partial charge in [0.15, 0.2) is 9.40 Å². The van der Waals surface area contributed by atoms with Crippen LogP contribution in [0, 0.1) is 13.8 Å². The molecule has 0 saturated carbocycles. The van der Waals surface area contributed by atoms with Crippen molar-refractivity contribution in [1.29, 1.82) is 0 Å². The zero-order chi connectivity index (χ0) is 13.6. The van der Waals surface area contributed by atoms with Crippen molar-refractivity contribution in [2.24, 2.45) is 0 Å². The lowest BCUT2D eigenvalue weighted by molar-refractivity contribution is -0.135. The van der Waals surface area contributed by atoms with E-state index in [0.717, 1.165) is 0 Å². The normalized spacial score (nSPS) is 12.2. The van der Waals surface area contributed by atoms with Gasteiger partial charge >= 0.3 is 5.97 Å². The molecule has 0 fully saturated rings. The van der Waals surface area contributed by atoms with Gasteiger partial charge in [-0.05, 0) is 43.2 Å². The maximum atomic E-state index is 11.1. The highest BCUT2D eigenvalue weighted by molar-refractivity contribution is 7.43. The Labute approximate surface area is 114 Å². The zero-order valence-corrected chi connectivity index (χ0v) is 11.8. The minimum absolute atomic E-state index is 0.187. The monoisotopic (exact) mass is 271 g/mol. The van der Waals surface area contributed by atoms with Gasteiger partial charge in [-0.1, -0.05) is 12.1 Å². The van der Waals surface area contributed by atoms with Gasteiger partial charge in [0.05, 0.1) is 0 Å². The van der Waals surface area contributed by atoms with Crippen LogP contribution in [0.1, 0.15) is 11.1 Å². The van der Waals surface area contributed by atoms with Gasteiger partial charge in [0.25, 0.3) is 0 Å². The largest absolute Gasteiger partial charge is 0.477 e. The molecule has 0 bridgehead atoms. The topological polar surface area (TPSA) is 37.3 Å². The number of carboxylic acid groups (broad SMARTS) is 1. The van der Waals surface area contributed by atoms with Gasteiger partial charge in [-0.15, -0.1) is 0 Å². The van der Waals surface area contributed by atoms with Gasteiger partial charge in [0.1, 0.15) is 0 Å². The van der Waals surface area contributed by atoms with Crippen LogP contribution in [-0.4, -0.2) is 11.1 Å². The second-order valence-electron chi connectivity index (χ2n) is 4.86. The van der Waals surface area contributed by atoms with Crippen LogP contribution in [0.25, 0.3) is 20.2 Å². The van der Waals surface area contributed by atoms with Crippen molar-refractivity contribution in [1.82, 2.24) is 0 Å². The van der Waals surface area contributed by atoms with Crippen LogP contribution in [0.3, 0.4) is 0 Å². The molecule has 1 heterocycles. The van der Waals surface area contributed by atoms with Gasteiger partial charge in [0, 0.05) is 27.3 Å². The van der Waals surface area contributed by atoms with Crippen LogP contribution in [0.5, 0.6) is 0 Å². The molecule has 0 amide bonds. The fourth-order valence-corrected chi connectivity index (χ4v) is 4.74. The average Bonchev–Trinajstić information content (AvgIpc) is 2.65. The van der Waals surface area contributed by atoms with Crippen LogP contribution in [-0.2, 0) is 10.5 Å². The lowest BCUT2D eigenvalue weighted by Gasteiger charge is -1.97. The van der Waals surface area contributed by atoms with Crippen molar-refractivity contribution in [2.75, 3.05) is 0 Å². The first-order valence-corrected chi connectivity index (χ1v) is 7.60. The first kappa shape index (κ1) is 12.2. The Kier molecular flexibility index (Phi) is 2.79. The molecule has 0 saturated heterocycles. The summed E-state index contributed by atoms with van der Waals surface area (Å²) in [5.74, 6) is -0.545. The molecule has 1 aromatic heterocycles. The van der Waals surface area contributed by atoms with Crippen LogP contribution in [0.2, 0.25) is 0 Å². The second-order valence-corrected chi connectivity index (χ2v) is 6.81. The highest BCUT2D eigenvalue weighted by Gasteiger charge is 2.23. The zero-order valence-electron chi connectivity index (χ0n) is 10.9. The lowest BCUT2D eigenvalue weighted by Crippen LogP contribution is -1.94. The molecule has 0 aliphatic heterocycles. The molecule has 1 unspecified atom stereocenters. The summed E-state index contributed by atoms with van der Waals surface area (Å²) in [5, 5.41) is 11.6. The molecule has 3 aromatic rings. The molecule has 1 N–H and O–H groups in total. The van der Waals surface area contributed by atoms with E-state index in [1.165, 1.54) is 31.3 Å². The fraction of sp³-hybridized carbons (Fsp3) is 0.188. The van der Waals surface area contributed by atoms with E-state index < -0.39 is 5.97 Å². The summed E-state index contributed by atoms with van der Waals surface area (Å²) in [5.41, 5.74) is 2.49. The van der Waals surface area contributed by atoms with Crippen molar-refractivity contribution in [3.63, 3.8) is 0 Å².